The monoisotopic (exact) mass is 181 g/mol. The highest BCUT2D eigenvalue weighted by atomic mass is 16.5. The lowest BCUT2D eigenvalue weighted by molar-refractivity contribution is 0.0519. The third-order valence-electron chi connectivity index (χ3n) is 1.93. The summed E-state index contributed by atoms with van der Waals surface area (Å²) in [6, 6.07) is 1.98. The lowest BCUT2D eigenvalue weighted by Crippen LogP contribution is -2.06. The van der Waals surface area contributed by atoms with Gasteiger partial charge in [-0.2, -0.15) is 0 Å². The van der Waals surface area contributed by atoms with E-state index in [-0.39, 0.29) is 5.97 Å². The average molecular weight is 181 g/mol. The van der Waals surface area contributed by atoms with Gasteiger partial charge in [-0.1, -0.05) is 6.92 Å². The summed E-state index contributed by atoms with van der Waals surface area (Å²) in [5.41, 5.74) is 2.61. The maximum absolute atomic E-state index is 11.3. The van der Waals surface area contributed by atoms with Gasteiger partial charge >= 0.3 is 5.97 Å². The number of H-pyrrole nitrogens is 1. The van der Waals surface area contributed by atoms with E-state index in [2.05, 4.69) is 4.98 Å². The summed E-state index contributed by atoms with van der Waals surface area (Å²) in [6.45, 7) is 6.16. The Labute approximate surface area is 78.1 Å². The molecule has 1 rings (SSSR count). The largest absolute Gasteiger partial charge is 0.461 e. The Morgan fingerprint density at radius 1 is 1.54 bits per heavy atom. The highest BCUT2D eigenvalue weighted by Gasteiger charge is 2.12. The molecule has 0 bridgehead atoms. The van der Waals surface area contributed by atoms with Gasteiger partial charge in [0, 0.05) is 5.69 Å². The number of nitrogens with one attached hydrogen (secondary N) is 1. The molecule has 0 saturated heterocycles. The number of aromatic amines is 1. The van der Waals surface area contributed by atoms with Crippen molar-refractivity contribution in [3.05, 3.63) is 23.0 Å². The minimum absolute atomic E-state index is 0.264. The second-order valence-corrected chi connectivity index (χ2v) is 2.93. The SMILES string of the molecule is CCOC(=O)c1[nH]c(CC)cc1C. The summed E-state index contributed by atoms with van der Waals surface area (Å²) in [7, 11) is 0. The van der Waals surface area contributed by atoms with Gasteiger partial charge in [-0.3, -0.25) is 0 Å². The topological polar surface area (TPSA) is 42.1 Å². The van der Waals surface area contributed by atoms with Crippen LogP contribution in [0.1, 0.15) is 35.6 Å². The van der Waals surface area contributed by atoms with Crippen LogP contribution in [0.15, 0.2) is 6.07 Å². The number of aromatic nitrogens is 1. The van der Waals surface area contributed by atoms with E-state index >= 15 is 0 Å². The lowest BCUT2D eigenvalue weighted by atomic mass is 10.2. The van der Waals surface area contributed by atoms with Gasteiger partial charge < -0.3 is 9.72 Å². The summed E-state index contributed by atoms with van der Waals surface area (Å²) in [6.07, 6.45) is 0.903. The Morgan fingerprint density at radius 2 is 2.23 bits per heavy atom. The van der Waals surface area contributed by atoms with E-state index in [1.54, 1.807) is 6.92 Å². The van der Waals surface area contributed by atoms with Crippen molar-refractivity contribution in [2.45, 2.75) is 27.2 Å². The van der Waals surface area contributed by atoms with E-state index in [1.165, 1.54) is 0 Å². The average Bonchev–Trinajstić information content (AvgIpc) is 2.47. The van der Waals surface area contributed by atoms with Crippen LogP contribution in [0.25, 0.3) is 0 Å². The number of aryl methyl sites for hydroxylation is 2. The molecule has 72 valence electrons. The van der Waals surface area contributed by atoms with E-state index in [0.717, 1.165) is 17.7 Å². The summed E-state index contributed by atoms with van der Waals surface area (Å²) in [4.78, 5) is 14.4. The highest BCUT2D eigenvalue weighted by Crippen LogP contribution is 2.11. The second kappa shape index (κ2) is 4.12. The zero-order valence-electron chi connectivity index (χ0n) is 8.31. The first-order valence-electron chi connectivity index (χ1n) is 4.54. The molecule has 0 unspecified atom stereocenters. The van der Waals surface area contributed by atoms with Crippen molar-refractivity contribution in [1.82, 2.24) is 4.98 Å². The molecule has 0 saturated carbocycles. The number of hydrogen-bond acceptors (Lipinski definition) is 2. The maximum atomic E-state index is 11.3. The molecule has 1 aromatic rings. The third-order valence-corrected chi connectivity index (χ3v) is 1.93. The molecule has 1 N–H and O–H groups in total. The molecule has 0 radical (unpaired) electrons. The van der Waals surface area contributed by atoms with Gasteiger partial charge in [-0.25, -0.2) is 4.79 Å². The summed E-state index contributed by atoms with van der Waals surface area (Å²) < 4.78 is 4.90. The minimum atomic E-state index is -0.264. The zero-order valence-corrected chi connectivity index (χ0v) is 8.31. The van der Waals surface area contributed by atoms with Crippen LogP contribution in [0.4, 0.5) is 0 Å². The molecule has 0 atom stereocenters. The molecule has 3 heteroatoms. The highest BCUT2D eigenvalue weighted by molar-refractivity contribution is 5.89. The van der Waals surface area contributed by atoms with Gasteiger partial charge in [0.05, 0.1) is 6.61 Å². The molecule has 3 nitrogen and oxygen atoms in total. The Hall–Kier alpha value is -1.25. The quantitative estimate of drug-likeness (QED) is 0.725. The van der Waals surface area contributed by atoms with E-state index in [1.807, 2.05) is 19.9 Å². The summed E-state index contributed by atoms with van der Waals surface area (Å²) in [5, 5.41) is 0. The zero-order chi connectivity index (χ0) is 9.84. The third kappa shape index (κ3) is 2.11. The van der Waals surface area contributed by atoms with Crippen LogP contribution in [-0.4, -0.2) is 17.6 Å². The number of ether oxygens (including phenoxy) is 1. The number of carbonyl (C=O) groups excluding carboxylic acids is 1. The van der Waals surface area contributed by atoms with Crippen LogP contribution in [-0.2, 0) is 11.2 Å². The molecule has 0 aliphatic heterocycles. The first-order chi connectivity index (χ1) is 6.19. The van der Waals surface area contributed by atoms with Crippen LogP contribution in [0.5, 0.6) is 0 Å². The van der Waals surface area contributed by atoms with Crippen molar-refractivity contribution in [1.29, 1.82) is 0 Å². The van der Waals surface area contributed by atoms with Crippen molar-refractivity contribution >= 4 is 5.97 Å². The number of carbonyl (C=O) groups is 1. The molecule has 1 aromatic heterocycles. The fraction of sp³-hybridized carbons (Fsp3) is 0.500. The van der Waals surface area contributed by atoms with Crippen molar-refractivity contribution in [2.75, 3.05) is 6.61 Å². The fourth-order valence-electron chi connectivity index (χ4n) is 1.23. The Morgan fingerprint density at radius 3 is 2.69 bits per heavy atom. The second-order valence-electron chi connectivity index (χ2n) is 2.93. The van der Waals surface area contributed by atoms with Gasteiger partial charge in [0.1, 0.15) is 5.69 Å². The summed E-state index contributed by atoms with van der Waals surface area (Å²) in [5.74, 6) is -0.264. The number of hydrogen-bond donors (Lipinski definition) is 1. The number of esters is 1. The molecule has 0 aliphatic rings. The molecule has 0 aromatic carbocycles. The van der Waals surface area contributed by atoms with Crippen LogP contribution in [0.3, 0.4) is 0 Å². The first kappa shape index (κ1) is 9.84. The van der Waals surface area contributed by atoms with Gasteiger partial charge in [0.25, 0.3) is 0 Å². The normalized spacial score (nSPS) is 10.1. The van der Waals surface area contributed by atoms with Gasteiger partial charge in [-0.05, 0) is 31.9 Å². The minimum Gasteiger partial charge on any atom is -0.461 e. The van der Waals surface area contributed by atoms with E-state index in [0.29, 0.717) is 12.3 Å². The van der Waals surface area contributed by atoms with Gasteiger partial charge in [-0.15, -0.1) is 0 Å². The predicted molar refractivity (Wildman–Crippen MR) is 50.9 cm³/mol. The van der Waals surface area contributed by atoms with Crippen LogP contribution >= 0.6 is 0 Å². The Balaban J connectivity index is 2.87. The van der Waals surface area contributed by atoms with Crippen molar-refractivity contribution in [3.63, 3.8) is 0 Å². The first-order valence-corrected chi connectivity index (χ1v) is 4.54. The molecule has 0 amide bonds. The van der Waals surface area contributed by atoms with Crippen LogP contribution < -0.4 is 0 Å². The molecule has 1 heterocycles. The Kier molecular flexibility index (Phi) is 3.12. The van der Waals surface area contributed by atoms with Crippen molar-refractivity contribution < 1.29 is 9.53 Å². The van der Waals surface area contributed by atoms with E-state index in [4.69, 9.17) is 4.74 Å². The van der Waals surface area contributed by atoms with Crippen molar-refractivity contribution in [2.24, 2.45) is 0 Å². The standard InChI is InChI=1S/C10H15NO2/c1-4-8-6-7(3)9(11-8)10(12)13-5-2/h6,11H,4-5H2,1-3H3. The molecular weight excluding hydrogens is 166 g/mol. The van der Waals surface area contributed by atoms with E-state index < -0.39 is 0 Å². The molecule has 13 heavy (non-hydrogen) atoms. The molecular formula is C10H15NO2. The predicted octanol–water partition coefficient (Wildman–Crippen LogP) is 2.06. The molecule has 0 aliphatic carbocycles. The lowest BCUT2D eigenvalue weighted by Gasteiger charge is -1.99. The van der Waals surface area contributed by atoms with Crippen LogP contribution in [0, 0.1) is 6.92 Å². The van der Waals surface area contributed by atoms with Crippen LogP contribution in [0.2, 0.25) is 0 Å². The maximum Gasteiger partial charge on any atom is 0.355 e. The summed E-state index contributed by atoms with van der Waals surface area (Å²) >= 11 is 0. The van der Waals surface area contributed by atoms with E-state index in [9.17, 15) is 4.79 Å². The Bertz CT molecular complexity index is 302. The number of rotatable bonds is 3. The molecule has 0 spiro atoms. The van der Waals surface area contributed by atoms with Gasteiger partial charge in [0.2, 0.25) is 0 Å². The molecule has 0 fully saturated rings. The smallest absolute Gasteiger partial charge is 0.355 e. The van der Waals surface area contributed by atoms with Crippen molar-refractivity contribution in [3.8, 4) is 0 Å². The van der Waals surface area contributed by atoms with Gasteiger partial charge in [0.15, 0.2) is 0 Å². The fourth-order valence-corrected chi connectivity index (χ4v) is 1.23.